The van der Waals surface area contributed by atoms with Gasteiger partial charge in [-0.25, -0.2) is 4.98 Å². The molecule has 0 atom stereocenters. The number of likely N-dealkylation sites (N-methyl/N-ethyl adjacent to an activating group) is 1. The molecule has 0 fully saturated rings. The minimum atomic E-state index is 0.815. The van der Waals surface area contributed by atoms with Gasteiger partial charge < -0.3 is 15.5 Å². The number of hydrogen-bond donors (Lipinski definition) is 2. The van der Waals surface area contributed by atoms with Crippen LogP contribution in [0.3, 0.4) is 0 Å². The van der Waals surface area contributed by atoms with E-state index in [0.717, 1.165) is 50.8 Å². The van der Waals surface area contributed by atoms with E-state index in [-0.39, 0.29) is 0 Å². The van der Waals surface area contributed by atoms with Crippen LogP contribution in [0.25, 0.3) is 0 Å². The summed E-state index contributed by atoms with van der Waals surface area (Å²) in [7, 11) is 2.11. The molecule has 0 unspecified atom stereocenters. The van der Waals surface area contributed by atoms with Crippen LogP contribution in [0.15, 0.2) is 4.99 Å². The first-order valence-electron chi connectivity index (χ1n) is 7.70. The number of rotatable bonds is 8. The van der Waals surface area contributed by atoms with Gasteiger partial charge in [0.15, 0.2) is 5.96 Å². The summed E-state index contributed by atoms with van der Waals surface area (Å²) in [4.78, 5) is 12.7. The third-order valence-electron chi connectivity index (χ3n) is 3.34. The largest absolute Gasteiger partial charge is 0.357 e. The van der Waals surface area contributed by atoms with Crippen LogP contribution < -0.4 is 10.6 Å². The number of aromatic nitrogens is 1. The van der Waals surface area contributed by atoms with Gasteiger partial charge in [-0.05, 0) is 34.4 Å². The van der Waals surface area contributed by atoms with Gasteiger partial charge in [0.2, 0.25) is 0 Å². The maximum Gasteiger partial charge on any atom is 0.191 e. The van der Waals surface area contributed by atoms with Crippen molar-refractivity contribution in [2.24, 2.45) is 4.99 Å². The monoisotopic (exact) mass is 311 g/mol. The lowest BCUT2D eigenvalue weighted by atomic mass is 10.4. The summed E-state index contributed by atoms with van der Waals surface area (Å²) in [5, 5.41) is 7.85. The van der Waals surface area contributed by atoms with E-state index in [0.29, 0.717) is 0 Å². The number of thiazole rings is 1. The molecular weight excluding hydrogens is 282 g/mol. The first-order chi connectivity index (χ1) is 10.1. The minimum absolute atomic E-state index is 0.815. The van der Waals surface area contributed by atoms with E-state index in [9.17, 15) is 0 Å². The van der Waals surface area contributed by atoms with E-state index in [4.69, 9.17) is 0 Å². The lowest BCUT2D eigenvalue weighted by Gasteiger charge is -2.14. The number of guanidine groups is 1. The van der Waals surface area contributed by atoms with Crippen LogP contribution in [0.1, 0.15) is 29.4 Å². The lowest BCUT2D eigenvalue weighted by Crippen LogP contribution is -2.38. The van der Waals surface area contributed by atoms with Crippen LogP contribution in [-0.2, 0) is 6.42 Å². The van der Waals surface area contributed by atoms with E-state index in [1.165, 1.54) is 9.88 Å². The number of hydrogen-bond acceptors (Lipinski definition) is 4. The summed E-state index contributed by atoms with van der Waals surface area (Å²) in [5.41, 5.74) is 1.15. The third kappa shape index (κ3) is 6.91. The second-order valence-electron chi connectivity index (χ2n) is 5.08. The molecule has 120 valence electrons. The van der Waals surface area contributed by atoms with Gasteiger partial charge in [-0.3, -0.25) is 4.99 Å². The highest BCUT2D eigenvalue weighted by molar-refractivity contribution is 7.11. The molecule has 1 rings (SSSR count). The van der Waals surface area contributed by atoms with Crippen LogP contribution in [0, 0.1) is 13.8 Å². The molecule has 0 aromatic carbocycles. The average molecular weight is 311 g/mol. The molecular formula is C15H29N5S. The summed E-state index contributed by atoms with van der Waals surface area (Å²) < 4.78 is 0. The van der Waals surface area contributed by atoms with Gasteiger partial charge >= 0.3 is 0 Å². The van der Waals surface area contributed by atoms with Crippen molar-refractivity contribution in [1.82, 2.24) is 20.5 Å². The van der Waals surface area contributed by atoms with E-state index in [1.54, 1.807) is 11.3 Å². The van der Waals surface area contributed by atoms with Gasteiger partial charge in [0.1, 0.15) is 0 Å². The Morgan fingerprint density at radius 1 is 1.29 bits per heavy atom. The minimum Gasteiger partial charge on any atom is -0.357 e. The van der Waals surface area contributed by atoms with Gasteiger partial charge in [-0.2, -0.15) is 0 Å². The van der Waals surface area contributed by atoms with E-state index < -0.39 is 0 Å². The molecule has 0 radical (unpaired) electrons. The van der Waals surface area contributed by atoms with Crippen molar-refractivity contribution in [3.63, 3.8) is 0 Å². The maximum atomic E-state index is 4.59. The third-order valence-corrected chi connectivity index (χ3v) is 4.47. The molecule has 1 heterocycles. The maximum absolute atomic E-state index is 4.59. The molecule has 1 aromatic rings. The summed E-state index contributed by atoms with van der Waals surface area (Å²) >= 11 is 1.79. The quantitative estimate of drug-likeness (QED) is 0.568. The predicted molar refractivity (Wildman–Crippen MR) is 92.4 cm³/mol. The highest BCUT2D eigenvalue weighted by Crippen LogP contribution is 2.16. The van der Waals surface area contributed by atoms with Crippen LogP contribution in [0.2, 0.25) is 0 Å². The second-order valence-corrected chi connectivity index (χ2v) is 6.37. The molecule has 0 spiro atoms. The standard InChI is InChI=1S/C15H29N5S/c1-6-16-15(18-10-11-20(5)7-2)17-9-8-14-19-12(3)13(4)21-14/h6-11H2,1-5H3,(H2,16,17,18). The van der Waals surface area contributed by atoms with Gasteiger partial charge in [0, 0.05) is 30.9 Å². The molecule has 21 heavy (non-hydrogen) atoms. The zero-order valence-corrected chi connectivity index (χ0v) is 14.8. The average Bonchev–Trinajstić information content (AvgIpc) is 2.77. The van der Waals surface area contributed by atoms with Gasteiger partial charge in [-0.1, -0.05) is 6.92 Å². The molecule has 0 aliphatic heterocycles. The van der Waals surface area contributed by atoms with Crippen molar-refractivity contribution >= 4 is 17.3 Å². The predicted octanol–water partition coefficient (Wildman–Crippen LogP) is 1.81. The Morgan fingerprint density at radius 3 is 2.62 bits per heavy atom. The summed E-state index contributed by atoms with van der Waals surface area (Å²) in [6.45, 7) is 13.0. The van der Waals surface area contributed by atoms with Crippen molar-refractivity contribution in [3.05, 3.63) is 15.6 Å². The molecule has 5 nitrogen and oxygen atoms in total. The van der Waals surface area contributed by atoms with Gasteiger partial charge in [0.25, 0.3) is 0 Å². The molecule has 0 saturated heterocycles. The highest BCUT2D eigenvalue weighted by atomic mass is 32.1. The summed E-state index contributed by atoms with van der Waals surface area (Å²) in [5.74, 6) is 0.895. The molecule has 2 N–H and O–H groups in total. The Kier molecular flexibility index (Phi) is 8.30. The van der Waals surface area contributed by atoms with Crippen molar-refractivity contribution < 1.29 is 0 Å². The Labute approximate surface area is 132 Å². The molecule has 0 bridgehead atoms. The van der Waals surface area contributed by atoms with Crippen LogP contribution in [-0.4, -0.2) is 55.6 Å². The van der Waals surface area contributed by atoms with E-state index in [2.05, 4.69) is 60.3 Å². The summed E-state index contributed by atoms with van der Waals surface area (Å²) in [6, 6.07) is 0. The number of nitrogens with one attached hydrogen (secondary N) is 2. The first kappa shape index (κ1) is 17.9. The summed E-state index contributed by atoms with van der Waals surface area (Å²) in [6.07, 6.45) is 0.943. The number of aryl methyl sites for hydroxylation is 2. The molecule has 0 aliphatic rings. The zero-order chi connectivity index (χ0) is 15.7. The molecule has 0 saturated carbocycles. The van der Waals surface area contributed by atoms with Crippen LogP contribution in [0.4, 0.5) is 0 Å². The number of aliphatic imine (C=N–C) groups is 1. The van der Waals surface area contributed by atoms with E-state index >= 15 is 0 Å². The molecule has 0 aliphatic carbocycles. The van der Waals surface area contributed by atoms with Gasteiger partial charge in [0.05, 0.1) is 17.2 Å². The second kappa shape index (κ2) is 9.73. The fourth-order valence-electron chi connectivity index (χ4n) is 1.77. The lowest BCUT2D eigenvalue weighted by molar-refractivity contribution is 0.363. The Bertz CT molecular complexity index is 422. The fraction of sp³-hybridized carbons (Fsp3) is 0.733. The normalized spacial score (nSPS) is 12.0. The highest BCUT2D eigenvalue weighted by Gasteiger charge is 2.04. The van der Waals surface area contributed by atoms with E-state index in [1.807, 2.05) is 0 Å². The van der Waals surface area contributed by atoms with Crippen molar-refractivity contribution in [3.8, 4) is 0 Å². The van der Waals surface area contributed by atoms with Crippen molar-refractivity contribution in [2.45, 2.75) is 34.1 Å². The Morgan fingerprint density at radius 2 is 2.05 bits per heavy atom. The number of nitrogens with zero attached hydrogens (tertiary/aromatic N) is 3. The topological polar surface area (TPSA) is 52.6 Å². The van der Waals surface area contributed by atoms with Crippen LogP contribution in [0.5, 0.6) is 0 Å². The Balaban J connectivity index is 2.37. The van der Waals surface area contributed by atoms with Gasteiger partial charge in [-0.15, -0.1) is 11.3 Å². The first-order valence-corrected chi connectivity index (χ1v) is 8.52. The molecule has 6 heteroatoms. The zero-order valence-electron chi connectivity index (χ0n) is 14.0. The van der Waals surface area contributed by atoms with Crippen molar-refractivity contribution in [1.29, 1.82) is 0 Å². The van der Waals surface area contributed by atoms with Crippen LogP contribution >= 0.6 is 11.3 Å². The Hall–Kier alpha value is -1.14. The molecule has 1 aromatic heterocycles. The SMILES string of the molecule is CCNC(=NCCN(C)CC)NCCc1nc(C)c(C)s1. The smallest absolute Gasteiger partial charge is 0.191 e. The fourth-order valence-corrected chi connectivity index (χ4v) is 2.70. The molecule has 0 amide bonds. The van der Waals surface area contributed by atoms with Crippen molar-refractivity contribution in [2.75, 3.05) is 39.8 Å².